The van der Waals surface area contributed by atoms with E-state index in [0.29, 0.717) is 13.2 Å². The molecule has 0 bridgehead atoms. The van der Waals surface area contributed by atoms with Gasteiger partial charge in [-0.1, -0.05) is 13.8 Å². The van der Waals surface area contributed by atoms with Crippen molar-refractivity contribution in [3.8, 4) is 0 Å². The van der Waals surface area contributed by atoms with Crippen LogP contribution in [0.15, 0.2) is 0 Å². The molecule has 2 atom stereocenters. The van der Waals surface area contributed by atoms with Gasteiger partial charge in [0.2, 0.25) is 5.91 Å². The number of amides is 1. The van der Waals surface area contributed by atoms with Crippen molar-refractivity contribution in [2.24, 2.45) is 11.3 Å². The summed E-state index contributed by atoms with van der Waals surface area (Å²) in [6, 6.07) is 0.0349. The van der Waals surface area contributed by atoms with Crippen molar-refractivity contribution in [2.75, 3.05) is 13.2 Å². The van der Waals surface area contributed by atoms with Crippen molar-refractivity contribution in [1.29, 1.82) is 0 Å². The molecule has 1 saturated heterocycles. The summed E-state index contributed by atoms with van der Waals surface area (Å²) in [7, 11) is 0. The lowest BCUT2D eigenvalue weighted by Crippen LogP contribution is -2.42. The van der Waals surface area contributed by atoms with E-state index in [4.69, 9.17) is 4.74 Å². The predicted molar refractivity (Wildman–Crippen MR) is 62.6 cm³/mol. The summed E-state index contributed by atoms with van der Waals surface area (Å²) >= 11 is 0. The van der Waals surface area contributed by atoms with Crippen LogP contribution in [0.4, 0.5) is 0 Å². The minimum atomic E-state index is -1.01. The van der Waals surface area contributed by atoms with Gasteiger partial charge in [-0.2, -0.15) is 0 Å². The number of hydrogen-bond acceptors (Lipinski definition) is 3. The summed E-state index contributed by atoms with van der Waals surface area (Å²) in [6.07, 6.45) is 0.813. The molecule has 0 aromatic rings. The topological polar surface area (TPSA) is 75.6 Å². The maximum Gasteiger partial charge on any atom is 0.310 e. The molecule has 1 amide bonds. The molecule has 5 nitrogen and oxygen atoms in total. The molecule has 0 aromatic carbocycles. The predicted octanol–water partition coefficient (Wildman–Crippen LogP) is 1.03. The van der Waals surface area contributed by atoms with E-state index >= 15 is 0 Å². The van der Waals surface area contributed by atoms with E-state index < -0.39 is 11.4 Å². The highest BCUT2D eigenvalue weighted by Crippen LogP contribution is 2.31. The third kappa shape index (κ3) is 3.43. The second kappa shape index (κ2) is 5.49. The van der Waals surface area contributed by atoms with Crippen molar-refractivity contribution in [3.05, 3.63) is 0 Å². The van der Waals surface area contributed by atoms with Crippen LogP contribution < -0.4 is 5.32 Å². The molecule has 0 saturated carbocycles. The van der Waals surface area contributed by atoms with Crippen LogP contribution in [0.3, 0.4) is 0 Å². The van der Waals surface area contributed by atoms with Crippen LogP contribution in [-0.4, -0.2) is 36.2 Å². The Morgan fingerprint density at radius 2 is 2.18 bits per heavy atom. The van der Waals surface area contributed by atoms with E-state index in [1.165, 1.54) is 0 Å². The highest BCUT2D eigenvalue weighted by molar-refractivity contribution is 5.85. The van der Waals surface area contributed by atoms with Crippen molar-refractivity contribution in [3.63, 3.8) is 0 Å². The summed E-state index contributed by atoms with van der Waals surface area (Å²) in [4.78, 5) is 23.0. The minimum absolute atomic E-state index is 0.0104. The summed E-state index contributed by atoms with van der Waals surface area (Å²) in [5, 5.41) is 12.0. The Balaban J connectivity index is 2.55. The van der Waals surface area contributed by atoms with E-state index in [0.717, 1.165) is 6.42 Å². The van der Waals surface area contributed by atoms with E-state index in [1.54, 1.807) is 6.92 Å². The highest BCUT2D eigenvalue weighted by Gasteiger charge is 2.39. The molecule has 1 rings (SSSR count). The number of carboxylic acids is 1. The SMILES string of the molecule is CC(C)C(C)(CC(=O)NC1CCOC1)C(=O)O. The van der Waals surface area contributed by atoms with E-state index in [9.17, 15) is 14.7 Å². The van der Waals surface area contributed by atoms with Crippen molar-refractivity contribution < 1.29 is 19.4 Å². The molecular formula is C12H21NO4. The molecule has 0 radical (unpaired) electrons. The van der Waals surface area contributed by atoms with Gasteiger partial charge in [-0.15, -0.1) is 0 Å². The third-order valence-electron chi connectivity index (χ3n) is 3.59. The lowest BCUT2D eigenvalue weighted by atomic mass is 9.76. The lowest BCUT2D eigenvalue weighted by molar-refractivity contribution is -0.153. The zero-order chi connectivity index (χ0) is 13.1. The largest absolute Gasteiger partial charge is 0.481 e. The number of carbonyl (C=O) groups excluding carboxylic acids is 1. The minimum Gasteiger partial charge on any atom is -0.481 e. The van der Waals surface area contributed by atoms with Gasteiger partial charge < -0.3 is 15.2 Å². The highest BCUT2D eigenvalue weighted by atomic mass is 16.5. The number of aliphatic carboxylic acids is 1. The summed E-state index contributed by atoms with van der Waals surface area (Å²) in [5.74, 6) is -1.23. The Hall–Kier alpha value is -1.10. The Kier molecular flexibility index (Phi) is 4.51. The molecule has 2 N–H and O–H groups in total. The number of rotatable bonds is 5. The molecule has 0 spiro atoms. The van der Waals surface area contributed by atoms with Gasteiger partial charge in [0.1, 0.15) is 0 Å². The smallest absolute Gasteiger partial charge is 0.310 e. The van der Waals surface area contributed by atoms with Gasteiger partial charge in [0.05, 0.1) is 18.1 Å². The van der Waals surface area contributed by atoms with Crippen molar-refractivity contribution in [1.82, 2.24) is 5.32 Å². The van der Waals surface area contributed by atoms with Crippen LogP contribution in [0.1, 0.15) is 33.6 Å². The van der Waals surface area contributed by atoms with Crippen LogP contribution in [-0.2, 0) is 14.3 Å². The van der Waals surface area contributed by atoms with Gasteiger partial charge >= 0.3 is 5.97 Å². The maximum atomic E-state index is 11.8. The average molecular weight is 243 g/mol. The van der Waals surface area contributed by atoms with Gasteiger partial charge in [0.15, 0.2) is 0 Å². The zero-order valence-electron chi connectivity index (χ0n) is 10.7. The molecule has 1 heterocycles. The summed E-state index contributed by atoms with van der Waals surface area (Å²) in [5.41, 5.74) is -1.01. The van der Waals surface area contributed by atoms with Gasteiger partial charge in [0, 0.05) is 13.0 Å². The number of hydrogen-bond donors (Lipinski definition) is 2. The molecule has 1 fully saturated rings. The van der Waals surface area contributed by atoms with Crippen LogP contribution in [0.5, 0.6) is 0 Å². The number of carbonyl (C=O) groups is 2. The Bertz CT molecular complexity index is 297. The molecule has 1 aliphatic rings. The second-order valence-corrected chi connectivity index (χ2v) is 5.18. The van der Waals surface area contributed by atoms with E-state index in [1.807, 2.05) is 13.8 Å². The fourth-order valence-electron chi connectivity index (χ4n) is 1.79. The Morgan fingerprint density at radius 3 is 2.59 bits per heavy atom. The lowest BCUT2D eigenvalue weighted by Gasteiger charge is -2.28. The van der Waals surface area contributed by atoms with Crippen LogP contribution in [0.2, 0.25) is 0 Å². The van der Waals surface area contributed by atoms with Gasteiger partial charge in [-0.25, -0.2) is 0 Å². The Labute approximate surface area is 102 Å². The molecule has 0 aromatic heterocycles. The first-order chi connectivity index (χ1) is 7.86. The maximum absolute atomic E-state index is 11.8. The molecule has 5 heteroatoms. The Morgan fingerprint density at radius 1 is 1.53 bits per heavy atom. The first-order valence-electron chi connectivity index (χ1n) is 5.96. The monoisotopic (exact) mass is 243 g/mol. The number of nitrogens with one attached hydrogen (secondary N) is 1. The summed E-state index contributed by atoms with van der Waals surface area (Å²) < 4.78 is 5.15. The standard InChI is InChI=1S/C12H21NO4/c1-8(2)12(3,11(15)16)6-10(14)13-9-4-5-17-7-9/h8-9H,4-7H2,1-3H3,(H,13,14)(H,15,16). The molecular weight excluding hydrogens is 222 g/mol. The van der Waals surface area contributed by atoms with Crippen molar-refractivity contribution in [2.45, 2.75) is 39.7 Å². The molecule has 98 valence electrons. The first-order valence-corrected chi connectivity index (χ1v) is 5.96. The average Bonchev–Trinajstić information content (AvgIpc) is 2.69. The van der Waals surface area contributed by atoms with E-state index in [2.05, 4.69) is 5.32 Å². The molecule has 2 unspecified atom stereocenters. The zero-order valence-corrected chi connectivity index (χ0v) is 10.7. The second-order valence-electron chi connectivity index (χ2n) is 5.18. The third-order valence-corrected chi connectivity index (χ3v) is 3.59. The molecule has 1 aliphatic heterocycles. The number of carboxylic acid groups (broad SMARTS) is 1. The fraction of sp³-hybridized carbons (Fsp3) is 0.833. The van der Waals surface area contributed by atoms with E-state index in [-0.39, 0.29) is 24.3 Å². The van der Waals surface area contributed by atoms with Gasteiger partial charge in [-0.05, 0) is 19.3 Å². The first kappa shape index (κ1) is 14.0. The van der Waals surface area contributed by atoms with Gasteiger partial charge in [-0.3, -0.25) is 9.59 Å². The van der Waals surface area contributed by atoms with Gasteiger partial charge in [0.25, 0.3) is 0 Å². The van der Waals surface area contributed by atoms with Crippen LogP contribution in [0, 0.1) is 11.3 Å². The van der Waals surface area contributed by atoms with Crippen LogP contribution >= 0.6 is 0 Å². The van der Waals surface area contributed by atoms with Crippen molar-refractivity contribution >= 4 is 11.9 Å². The fourth-order valence-corrected chi connectivity index (χ4v) is 1.79. The number of ether oxygens (including phenoxy) is 1. The van der Waals surface area contributed by atoms with Crippen LogP contribution in [0.25, 0.3) is 0 Å². The summed E-state index contributed by atoms with van der Waals surface area (Å²) in [6.45, 7) is 6.44. The molecule has 0 aliphatic carbocycles. The quantitative estimate of drug-likeness (QED) is 0.756. The normalized spacial score (nSPS) is 23.4. The molecule has 17 heavy (non-hydrogen) atoms.